The van der Waals surface area contributed by atoms with Crippen LogP contribution in [0.25, 0.3) is 6.08 Å². The van der Waals surface area contributed by atoms with E-state index in [-0.39, 0.29) is 5.91 Å². The van der Waals surface area contributed by atoms with E-state index in [1.54, 1.807) is 31.6 Å². The number of hydrogen-bond donors (Lipinski definition) is 1. The van der Waals surface area contributed by atoms with Gasteiger partial charge in [0, 0.05) is 11.0 Å². The fraction of sp³-hybridized carbons (Fsp3) is 0.188. The Labute approximate surface area is 128 Å². The van der Waals surface area contributed by atoms with E-state index in [4.69, 9.17) is 9.47 Å². The van der Waals surface area contributed by atoms with Crippen molar-refractivity contribution in [2.45, 2.75) is 6.54 Å². The molecule has 0 saturated heterocycles. The van der Waals surface area contributed by atoms with Crippen LogP contribution >= 0.6 is 11.3 Å². The van der Waals surface area contributed by atoms with Crippen molar-refractivity contribution >= 4 is 23.3 Å². The fourth-order valence-corrected chi connectivity index (χ4v) is 2.42. The quantitative estimate of drug-likeness (QED) is 0.834. The summed E-state index contributed by atoms with van der Waals surface area (Å²) in [6, 6.07) is 9.45. The number of ether oxygens (including phenoxy) is 2. The van der Waals surface area contributed by atoms with Crippen LogP contribution in [0.15, 0.2) is 41.8 Å². The molecule has 1 aromatic heterocycles. The minimum atomic E-state index is -0.127. The summed E-state index contributed by atoms with van der Waals surface area (Å²) in [6.45, 7) is 0.548. The molecule has 0 atom stereocenters. The lowest BCUT2D eigenvalue weighted by molar-refractivity contribution is -0.116. The maximum atomic E-state index is 11.7. The number of hydrogen-bond acceptors (Lipinski definition) is 4. The van der Waals surface area contributed by atoms with Gasteiger partial charge in [0.25, 0.3) is 0 Å². The topological polar surface area (TPSA) is 47.6 Å². The van der Waals surface area contributed by atoms with Gasteiger partial charge < -0.3 is 14.8 Å². The Morgan fingerprint density at radius 1 is 1.24 bits per heavy atom. The maximum absolute atomic E-state index is 11.7. The number of thiophene rings is 1. The molecule has 4 nitrogen and oxygen atoms in total. The monoisotopic (exact) mass is 303 g/mol. The van der Waals surface area contributed by atoms with Gasteiger partial charge in [-0.1, -0.05) is 12.1 Å². The van der Waals surface area contributed by atoms with Gasteiger partial charge in [-0.2, -0.15) is 0 Å². The number of rotatable bonds is 6. The van der Waals surface area contributed by atoms with Gasteiger partial charge in [-0.25, -0.2) is 0 Å². The molecule has 21 heavy (non-hydrogen) atoms. The molecule has 0 unspecified atom stereocenters. The average Bonchev–Trinajstić information content (AvgIpc) is 3.04. The van der Waals surface area contributed by atoms with Gasteiger partial charge in [-0.15, -0.1) is 11.3 Å². The van der Waals surface area contributed by atoms with Gasteiger partial charge in [0.15, 0.2) is 11.5 Å². The summed E-state index contributed by atoms with van der Waals surface area (Å²) in [6.07, 6.45) is 3.25. The van der Waals surface area contributed by atoms with Crippen LogP contribution in [-0.4, -0.2) is 20.1 Å². The van der Waals surface area contributed by atoms with Crippen LogP contribution in [0.1, 0.15) is 10.4 Å². The highest BCUT2D eigenvalue weighted by Crippen LogP contribution is 2.27. The lowest BCUT2D eigenvalue weighted by atomic mass is 10.2. The van der Waals surface area contributed by atoms with E-state index in [0.29, 0.717) is 18.0 Å². The van der Waals surface area contributed by atoms with Gasteiger partial charge in [0.05, 0.1) is 20.8 Å². The third-order valence-electron chi connectivity index (χ3n) is 2.85. The Kier molecular flexibility index (Phi) is 5.40. The molecular formula is C16H17NO3S. The molecule has 0 aliphatic carbocycles. The van der Waals surface area contributed by atoms with Crippen molar-refractivity contribution in [3.8, 4) is 11.5 Å². The number of amides is 1. The van der Waals surface area contributed by atoms with E-state index < -0.39 is 0 Å². The second-order valence-electron chi connectivity index (χ2n) is 4.24. The smallest absolute Gasteiger partial charge is 0.244 e. The van der Waals surface area contributed by atoms with E-state index in [2.05, 4.69) is 5.32 Å². The SMILES string of the molecule is COc1ccc(C=CC(=O)NCc2cccs2)cc1OC. The molecule has 0 aliphatic rings. The second kappa shape index (κ2) is 7.50. The third kappa shape index (κ3) is 4.36. The van der Waals surface area contributed by atoms with Crippen LogP contribution in [0.5, 0.6) is 11.5 Å². The molecule has 0 radical (unpaired) electrons. The highest BCUT2D eigenvalue weighted by Gasteiger charge is 2.03. The predicted octanol–water partition coefficient (Wildman–Crippen LogP) is 3.09. The first-order chi connectivity index (χ1) is 10.2. The lowest BCUT2D eigenvalue weighted by Gasteiger charge is -2.07. The summed E-state index contributed by atoms with van der Waals surface area (Å²) >= 11 is 1.62. The summed E-state index contributed by atoms with van der Waals surface area (Å²) in [4.78, 5) is 12.9. The molecule has 0 spiro atoms. The van der Waals surface area contributed by atoms with Crippen molar-refractivity contribution in [3.05, 3.63) is 52.2 Å². The maximum Gasteiger partial charge on any atom is 0.244 e. The van der Waals surface area contributed by atoms with Gasteiger partial charge in [-0.3, -0.25) is 4.79 Å². The summed E-state index contributed by atoms with van der Waals surface area (Å²) in [5.74, 6) is 1.17. The molecule has 110 valence electrons. The first kappa shape index (κ1) is 15.1. The molecular weight excluding hydrogens is 286 g/mol. The zero-order valence-electron chi connectivity index (χ0n) is 12.0. The van der Waals surface area contributed by atoms with E-state index in [1.807, 2.05) is 35.7 Å². The molecule has 0 saturated carbocycles. The van der Waals surface area contributed by atoms with Crippen molar-refractivity contribution in [3.63, 3.8) is 0 Å². The van der Waals surface area contributed by atoms with Crippen molar-refractivity contribution in [1.82, 2.24) is 5.32 Å². The number of methoxy groups -OCH3 is 2. The standard InChI is InChI=1S/C16H17NO3S/c1-19-14-7-5-12(10-15(14)20-2)6-8-16(18)17-11-13-4-3-9-21-13/h3-10H,11H2,1-2H3,(H,17,18). The summed E-state index contributed by atoms with van der Waals surface area (Å²) < 4.78 is 10.4. The van der Waals surface area contributed by atoms with Crippen molar-refractivity contribution in [2.24, 2.45) is 0 Å². The average molecular weight is 303 g/mol. The van der Waals surface area contributed by atoms with Gasteiger partial charge in [0.1, 0.15) is 0 Å². The minimum Gasteiger partial charge on any atom is -0.493 e. The Balaban J connectivity index is 1.95. The van der Waals surface area contributed by atoms with Crippen molar-refractivity contribution < 1.29 is 14.3 Å². The van der Waals surface area contributed by atoms with E-state index >= 15 is 0 Å². The van der Waals surface area contributed by atoms with Gasteiger partial charge in [0.2, 0.25) is 5.91 Å². The van der Waals surface area contributed by atoms with E-state index in [9.17, 15) is 4.79 Å². The second-order valence-corrected chi connectivity index (χ2v) is 5.28. The summed E-state index contributed by atoms with van der Waals surface area (Å²) in [5.41, 5.74) is 0.874. The molecule has 2 rings (SSSR count). The molecule has 0 aliphatic heterocycles. The van der Waals surface area contributed by atoms with Crippen LogP contribution in [0, 0.1) is 0 Å². The third-order valence-corrected chi connectivity index (χ3v) is 3.73. The summed E-state index contributed by atoms with van der Waals surface area (Å²) in [7, 11) is 3.17. The molecule has 2 aromatic rings. The van der Waals surface area contributed by atoms with E-state index in [0.717, 1.165) is 10.4 Å². The molecule has 1 amide bonds. The Morgan fingerprint density at radius 3 is 2.71 bits per heavy atom. The molecule has 1 heterocycles. The van der Waals surface area contributed by atoms with Crippen LogP contribution in [0.2, 0.25) is 0 Å². The number of benzene rings is 1. The largest absolute Gasteiger partial charge is 0.493 e. The minimum absolute atomic E-state index is 0.127. The van der Waals surface area contributed by atoms with Crippen molar-refractivity contribution in [1.29, 1.82) is 0 Å². The molecule has 0 fully saturated rings. The predicted molar refractivity (Wildman–Crippen MR) is 84.7 cm³/mol. The highest BCUT2D eigenvalue weighted by atomic mass is 32.1. The van der Waals surface area contributed by atoms with Gasteiger partial charge in [-0.05, 0) is 35.2 Å². The van der Waals surface area contributed by atoms with Crippen LogP contribution < -0.4 is 14.8 Å². The van der Waals surface area contributed by atoms with E-state index in [1.165, 1.54) is 6.08 Å². The number of nitrogens with one attached hydrogen (secondary N) is 1. The number of carbonyl (C=O) groups excluding carboxylic acids is 1. The Morgan fingerprint density at radius 2 is 2.05 bits per heavy atom. The van der Waals surface area contributed by atoms with Gasteiger partial charge >= 0.3 is 0 Å². The molecule has 1 aromatic carbocycles. The zero-order valence-corrected chi connectivity index (χ0v) is 12.8. The Hall–Kier alpha value is -2.27. The van der Waals surface area contributed by atoms with Crippen molar-refractivity contribution in [2.75, 3.05) is 14.2 Å². The first-order valence-electron chi connectivity index (χ1n) is 6.43. The Bertz CT molecular complexity index is 620. The van der Waals surface area contributed by atoms with Crippen LogP contribution in [0.3, 0.4) is 0 Å². The zero-order chi connectivity index (χ0) is 15.1. The van der Waals surface area contributed by atoms with Crippen LogP contribution in [-0.2, 0) is 11.3 Å². The fourth-order valence-electron chi connectivity index (χ4n) is 1.77. The first-order valence-corrected chi connectivity index (χ1v) is 7.31. The highest BCUT2D eigenvalue weighted by molar-refractivity contribution is 7.09. The number of carbonyl (C=O) groups is 1. The molecule has 0 bridgehead atoms. The summed E-state index contributed by atoms with van der Waals surface area (Å²) in [5, 5.41) is 4.82. The molecule has 1 N–H and O–H groups in total. The van der Waals surface area contributed by atoms with Crippen LogP contribution in [0.4, 0.5) is 0 Å². The lowest BCUT2D eigenvalue weighted by Crippen LogP contribution is -2.19. The normalized spacial score (nSPS) is 10.6. The molecule has 5 heteroatoms.